The second-order valence-electron chi connectivity index (χ2n) is 10.5. The highest BCUT2D eigenvalue weighted by Gasteiger charge is 2.51. The largest absolute Gasteiger partial charge is 0.410 e. The molecule has 8 heteroatoms. The number of hydrogen-bond donors (Lipinski definition) is 0. The number of rotatable bonds is 9. The number of nitrogens with zero attached hydrogens (tertiary/aromatic N) is 3. The summed E-state index contributed by atoms with van der Waals surface area (Å²) in [6.45, 7) is 14.4. The fourth-order valence-electron chi connectivity index (χ4n) is 5.21. The summed E-state index contributed by atoms with van der Waals surface area (Å²) in [4.78, 5) is 0. The predicted molar refractivity (Wildman–Crippen MR) is 159 cm³/mol. The van der Waals surface area contributed by atoms with Crippen molar-refractivity contribution in [2.45, 2.75) is 64.0 Å². The van der Waals surface area contributed by atoms with Crippen molar-refractivity contribution in [2.75, 3.05) is 7.05 Å². The topological polar surface area (TPSA) is 38.1 Å². The lowest BCUT2D eigenvalue weighted by molar-refractivity contribution is -0.171. The van der Waals surface area contributed by atoms with Crippen LogP contribution in [0.15, 0.2) is 91.0 Å². The lowest BCUT2D eigenvalue weighted by Gasteiger charge is -2.38. The van der Waals surface area contributed by atoms with E-state index in [1.54, 1.807) is 32.4 Å². The highest BCUT2D eigenvalue weighted by atomic mass is 32.2. The molecule has 40 heavy (non-hydrogen) atoms. The highest BCUT2D eigenvalue weighted by molar-refractivity contribution is 7.84. The number of allylic oxidation sites excluding steroid dienone is 4. The molecule has 0 aliphatic carbocycles. The Balaban J connectivity index is 2.53. The monoisotopic (exact) mass is 569 g/mol. The Morgan fingerprint density at radius 3 is 1.88 bits per heavy atom. The van der Waals surface area contributed by atoms with E-state index < -0.39 is 33.5 Å². The van der Waals surface area contributed by atoms with Gasteiger partial charge in [0.15, 0.2) is 6.04 Å². The minimum atomic E-state index is -4.76. The van der Waals surface area contributed by atoms with Gasteiger partial charge in [-0.2, -0.15) is 18.3 Å². The first kappa shape index (κ1) is 31.3. The van der Waals surface area contributed by atoms with Crippen molar-refractivity contribution in [3.63, 3.8) is 0 Å². The standard InChI is InChI=1S/C32H38F3N3OS/c1-9-18-24(10-2)31(25-19-14-12-15-20-25,26-21-16-13-17-22-26)38-23(4)27(11-3)28(36-38)29(32(33,34)35)37(8)40(39)30(5,6)7/h9-22,29H,3H2,1-2,4-8H3. The van der Waals surface area contributed by atoms with Crippen LogP contribution in [0.3, 0.4) is 0 Å². The molecule has 1 heterocycles. The maximum absolute atomic E-state index is 14.9. The summed E-state index contributed by atoms with van der Waals surface area (Å²) in [6.07, 6.45) is 2.47. The van der Waals surface area contributed by atoms with E-state index in [1.807, 2.05) is 92.7 Å². The van der Waals surface area contributed by atoms with Crippen molar-refractivity contribution in [1.29, 1.82) is 0 Å². The number of alkyl halides is 3. The van der Waals surface area contributed by atoms with Crippen LogP contribution in [-0.4, -0.2) is 36.3 Å². The molecule has 0 aliphatic heterocycles. The van der Waals surface area contributed by atoms with Gasteiger partial charge in [-0.25, -0.2) is 13.2 Å². The summed E-state index contributed by atoms with van der Waals surface area (Å²) in [5.41, 5.74) is 1.90. The predicted octanol–water partition coefficient (Wildman–Crippen LogP) is 8.15. The quantitative estimate of drug-likeness (QED) is 0.244. The molecule has 2 atom stereocenters. The Hall–Kier alpha value is -3.23. The Morgan fingerprint density at radius 2 is 1.50 bits per heavy atom. The van der Waals surface area contributed by atoms with Gasteiger partial charge in [0.2, 0.25) is 0 Å². The first-order valence-electron chi connectivity index (χ1n) is 13.1. The van der Waals surface area contributed by atoms with Gasteiger partial charge in [-0.15, -0.1) is 0 Å². The van der Waals surface area contributed by atoms with Crippen LogP contribution >= 0.6 is 0 Å². The van der Waals surface area contributed by atoms with Gasteiger partial charge in [-0.3, -0.25) is 0 Å². The minimum Gasteiger partial charge on any atom is -0.249 e. The maximum Gasteiger partial charge on any atom is 0.410 e. The molecule has 0 spiro atoms. The van der Waals surface area contributed by atoms with Gasteiger partial charge < -0.3 is 0 Å². The Morgan fingerprint density at radius 1 is 1.00 bits per heavy atom. The third-order valence-corrected chi connectivity index (χ3v) is 8.67. The summed E-state index contributed by atoms with van der Waals surface area (Å²) < 4.78 is 59.5. The molecule has 214 valence electrons. The summed E-state index contributed by atoms with van der Waals surface area (Å²) in [5, 5.41) is 4.78. The summed E-state index contributed by atoms with van der Waals surface area (Å²) in [5.74, 6) is 0. The van der Waals surface area contributed by atoms with Crippen LogP contribution < -0.4 is 0 Å². The van der Waals surface area contributed by atoms with E-state index in [0.29, 0.717) is 5.69 Å². The third-order valence-electron chi connectivity index (χ3n) is 6.89. The number of halogens is 3. The molecular formula is C32H38F3N3OS. The molecule has 0 amide bonds. The van der Waals surface area contributed by atoms with Crippen molar-refractivity contribution in [1.82, 2.24) is 14.1 Å². The van der Waals surface area contributed by atoms with Crippen LogP contribution in [0.5, 0.6) is 0 Å². The van der Waals surface area contributed by atoms with Crippen molar-refractivity contribution >= 4 is 17.1 Å². The lowest BCUT2D eigenvalue weighted by Crippen LogP contribution is -2.44. The molecule has 3 rings (SSSR count). The highest BCUT2D eigenvalue weighted by Crippen LogP contribution is 2.46. The molecule has 4 nitrogen and oxygen atoms in total. The summed E-state index contributed by atoms with van der Waals surface area (Å²) >= 11 is 0. The van der Waals surface area contributed by atoms with Crippen LogP contribution in [0.2, 0.25) is 0 Å². The van der Waals surface area contributed by atoms with E-state index in [4.69, 9.17) is 5.10 Å². The van der Waals surface area contributed by atoms with Crippen molar-refractivity contribution in [2.24, 2.45) is 0 Å². The van der Waals surface area contributed by atoms with E-state index in [1.165, 1.54) is 13.1 Å². The summed E-state index contributed by atoms with van der Waals surface area (Å²) in [7, 11) is -0.730. The average Bonchev–Trinajstić information content (AvgIpc) is 3.23. The Labute approximate surface area is 238 Å². The number of benzene rings is 2. The zero-order chi connectivity index (χ0) is 29.9. The van der Waals surface area contributed by atoms with Gasteiger partial charge in [0.05, 0.1) is 10.4 Å². The van der Waals surface area contributed by atoms with Gasteiger partial charge in [-0.1, -0.05) is 91.5 Å². The Kier molecular flexibility index (Phi) is 9.47. The van der Waals surface area contributed by atoms with Gasteiger partial charge in [-0.05, 0) is 58.2 Å². The van der Waals surface area contributed by atoms with E-state index in [0.717, 1.165) is 21.0 Å². The SMILES string of the molecule is C=Cc1c(C(N(C)S(=O)C(C)(C)C)C(F)(F)F)nn(C(C(C=CC)=CC)(c2ccccc2)c2ccccc2)c1C. The smallest absolute Gasteiger partial charge is 0.249 e. The first-order chi connectivity index (χ1) is 18.8. The zero-order valence-corrected chi connectivity index (χ0v) is 25.0. The van der Waals surface area contributed by atoms with E-state index >= 15 is 0 Å². The van der Waals surface area contributed by atoms with Crippen LogP contribution in [0.1, 0.15) is 68.7 Å². The first-order valence-corrected chi connectivity index (χ1v) is 14.2. The fourth-order valence-corrected chi connectivity index (χ4v) is 6.48. The molecule has 2 aromatic carbocycles. The Bertz CT molecular complexity index is 1360. The lowest BCUT2D eigenvalue weighted by atomic mass is 9.76. The molecule has 0 aliphatic rings. The van der Waals surface area contributed by atoms with E-state index in [9.17, 15) is 17.4 Å². The summed E-state index contributed by atoms with van der Waals surface area (Å²) in [6, 6.07) is 17.0. The van der Waals surface area contributed by atoms with Gasteiger partial charge >= 0.3 is 6.18 Å². The molecule has 0 N–H and O–H groups in total. The van der Waals surface area contributed by atoms with Crippen molar-refractivity contribution in [3.8, 4) is 0 Å². The molecule has 3 aromatic rings. The van der Waals surface area contributed by atoms with Crippen LogP contribution in [0.4, 0.5) is 13.2 Å². The second-order valence-corrected chi connectivity index (χ2v) is 12.8. The molecule has 0 radical (unpaired) electrons. The van der Waals surface area contributed by atoms with Crippen LogP contribution in [0.25, 0.3) is 6.08 Å². The van der Waals surface area contributed by atoms with Gasteiger partial charge in [0, 0.05) is 18.3 Å². The third kappa shape index (κ3) is 5.65. The minimum absolute atomic E-state index is 0.243. The van der Waals surface area contributed by atoms with E-state index in [-0.39, 0.29) is 11.3 Å². The van der Waals surface area contributed by atoms with Crippen LogP contribution in [0, 0.1) is 6.92 Å². The zero-order valence-electron chi connectivity index (χ0n) is 24.2. The van der Waals surface area contributed by atoms with E-state index in [2.05, 4.69) is 6.58 Å². The fraction of sp³-hybridized carbons (Fsp3) is 0.344. The molecule has 0 fully saturated rings. The molecule has 1 aromatic heterocycles. The number of hydrogen-bond acceptors (Lipinski definition) is 2. The van der Waals surface area contributed by atoms with Crippen LogP contribution in [-0.2, 0) is 16.5 Å². The molecule has 0 bridgehead atoms. The molecule has 0 saturated carbocycles. The number of aromatic nitrogens is 2. The average molecular weight is 570 g/mol. The van der Waals surface area contributed by atoms with Crippen molar-refractivity contribution < 1.29 is 17.4 Å². The maximum atomic E-state index is 14.9. The molecular weight excluding hydrogens is 531 g/mol. The van der Waals surface area contributed by atoms with Crippen molar-refractivity contribution in [3.05, 3.63) is 119 Å². The normalized spacial score (nSPS) is 15.0. The molecule has 0 saturated heterocycles. The molecule has 2 unspecified atom stereocenters. The van der Waals surface area contributed by atoms with Gasteiger partial charge in [0.1, 0.15) is 16.5 Å². The second kappa shape index (κ2) is 12.1. The van der Waals surface area contributed by atoms with Gasteiger partial charge in [0.25, 0.3) is 0 Å².